The Kier molecular flexibility index (Phi) is 8.38. The first-order chi connectivity index (χ1) is 15.4. The van der Waals surface area contributed by atoms with E-state index in [0.717, 1.165) is 0 Å². The van der Waals surface area contributed by atoms with E-state index in [9.17, 15) is 57.5 Å². The molecule has 0 fully saturated rings. The van der Waals surface area contributed by atoms with Crippen LogP contribution in [0.15, 0.2) is 11.3 Å². The number of hydrogen-bond donors (Lipinski definition) is 0. The molecule has 0 aliphatic carbocycles. The van der Waals surface area contributed by atoms with Crippen molar-refractivity contribution in [3.63, 3.8) is 0 Å². The van der Waals surface area contributed by atoms with Crippen LogP contribution >= 0.6 is 0 Å². The minimum atomic E-state index is -7.54. The fourth-order valence-corrected chi connectivity index (χ4v) is 3.39. The maximum Gasteiger partial charge on any atom is 0.460 e. The third-order valence-electron chi connectivity index (χ3n) is 4.12. The van der Waals surface area contributed by atoms with Gasteiger partial charge >= 0.3 is 45.5 Å². The normalized spacial score (nSPS) is 16.8. The first-order valence-corrected chi connectivity index (χ1v) is 10.8. The van der Waals surface area contributed by atoms with Crippen LogP contribution < -0.4 is 0 Å². The predicted molar refractivity (Wildman–Crippen MR) is 97.0 cm³/mol. The number of alkyl halides is 9. The van der Waals surface area contributed by atoms with Gasteiger partial charge in [-0.25, -0.2) is 9.59 Å². The molecular formula is C17H20F9NO7S. The molecule has 35 heavy (non-hydrogen) atoms. The molecule has 0 N–H and O–H groups in total. The minimum Gasteiger partial charge on any atom is -0.463 e. The van der Waals surface area contributed by atoms with E-state index in [1.807, 2.05) is 0 Å². The number of nitrogens with zero attached hydrogens (tertiary/aromatic N) is 1. The molecule has 0 saturated carbocycles. The van der Waals surface area contributed by atoms with Gasteiger partial charge in [0.15, 0.2) is 0 Å². The molecule has 0 aromatic carbocycles. The number of amides is 1. The first-order valence-electron chi connectivity index (χ1n) is 9.44. The van der Waals surface area contributed by atoms with Gasteiger partial charge in [-0.1, -0.05) is 0 Å². The second-order valence-corrected chi connectivity index (χ2v) is 9.56. The highest BCUT2D eigenvalue weighted by Gasteiger charge is 2.86. The number of carbonyl (C=O) groups is 2. The summed E-state index contributed by atoms with van der Waals surface area (Å²) in [5.74, 6) is -17.9. The lowest BCUT2D eigenvalue weighted by Gasteiger charge is -2.34. The average molecular weight is 553 g/mol. The van der Waals surface area contributed by atoms with E-state index in [4.69, 9.17) is 4.74 Å². The summed E-state index contributed by atoms with van der Waals surface area (Å²) >= 11 is 0. The number of rotatable bonds is 7. The number of ether oxygens (including phenoxy) is 2. The molecule has 0 radical (unpaired) electrons. The highest BCUT2D eigenvalue weighted by molar-refractivity contribution is 7.88. The third-order valence-corrected chi connectivity index (χ3v) is 5.42. The average Bonchev–Trinajstić information content (AvgIpc) is 2.65. The van der Waals surface area contributed by atoms with Crippen LogP contribution in [0.25, 0.3) is 0 Å². The zero-order chi connectivity index (χ0) is 27.8. The van der Waals surface area contributed by atoms with Crippen molar-refractivity contribution in [1.29, 1.82) is 0 Å². The molecular weight excluding hydrogens is 533 g/mol. The molecule has 18 heteroatoms. The van der Waals surface area contributed by atoms with Gasteiger partial charge in [0.1, 0.15) is 11.4 Å². The smallest absolute Gasteiger partial charge is 0.460 e. The van der Waals surface area contributed by atoms with E-state index in [1.54, 1.807) is 0 Å². The third kappa shape index (κ3) is 6.06. The highest BCUT2D eigenvalue weighted by atomic mass is 32.2. The summed E-state index contributed by atoms with van der Waals surface area (Å²) in [5, 5.41) is -7.15. The Bertz CT molecular complexity index is 969. The van der Waals surface area contributed by atoms with Gasteiger partial charge in [-0.15, -0.1) is 0 Å². The zero-order valence-electron chi connectivity index (χ0n) is 18.4. The van der Waals surface area contributed by atoms with Gasteiger partial charge in [-0.2, -0.15) is 47.9 Å². The molecule has 0 unspecified atom stereocenters. The van der Waals surface area contributed by atoms with Gasteiger partial charge in [0, 0.05) is 13.0 Å². The Morgan fingerprint density at radius 3 is 1.89 bits per heavy atom. The summed E-state index contributed by atoms with van der Waals surface area (Å²) in [5.41, 5.74) is -2.00. The van der Waals surface area contributed by atoms with Crippen LogP contribution in [0.4, 0.5) is 44.3 Å². The Hall–Kier alpha value is -2.40. The van der Waals surface area contributed by atoms with Crippen molar-refractivity contribution >= 4 is 22.2 Å². The molecule has 1 rings (SSSR count). The molecule has 0 spiro atoms. The van der Waals surface area contributed by atoms with Crippen molar-refractivity contribution in [3.8, 4) is 0 Å². The van der Waals surface area contributed by atoms with Gasteiger partial charge in [-0.3, -0.25) is 0 Å². The molecule has 8 nitrogen and oxygen atoms in total. The maximum atomic E-state index is 14.0. The van der Waals surface area contributed by atoms with Crippen molar-refractivity contribution in [1.82, 2.24) is 4.90 Å². The lowest BCUT2D eigenvalue weighted by atomic mass is 10.1. The van der Waals surface area contributed by atoms with Crippen molar-refractivity contribution in [3.05, 3.63) is 11.3 Å². The van der Waals surface area contributed by atoms with E-state index in [2.05, 4.69) is 8.92 Å². The topological polar surface area (TPSA) is 99.2 Å². The first kappa shape index (κ1) is 30.6. The second-order valence-electron chi connectivity index (χ2n) is 7.97. The van der Waals surface area contributed by atoms with Gasteiger partial charge < -0.3 is 18.6 Å². The van der Waals surface area contributed by atoms with E-state index < -0.39 is 81.9 Å². The lowest BCUT2D eigenvalue weighted by molar-refractivity contribution is -0.382. The molecule has 1 aliphatic rings. The van der Waals surface area contributed by atoms with Gasteiger partial charge in [-0.05, 0) is 27.7 Å². The molecule has 0 aromatic rings. The number of esters is 1. The summed E-state index contributed by atoms with van der Waals surface area (Å²) in [6.07, 6.45) is -9.15. The summed E-state index contributed by atoms with van der Waals surface area (Å²) in [7, 11) is -7.33. The van der Waals surface area contributed by atoms with Crippen molar-refractivity contribution in [2.24, 2.45) is 0 Å². The van der Waals surface area contributed by atoms with Gasteiger partial charge in [0.05, 0.1) is 18.7 Å². The fourth-order valence-electron chi connectivity index (χ4n) is 2.43. The summed E-state index contributed by atoms with van der Waals surface area (Å²) in [6, 6.07) is 0. The van der Waals surface area contributed by atoms with Crippen molar-refractivity contribution in [2.75, 3.05) is 19.7 Å². The fraction of sp³-hybridized carbons (Fsp3) is 0.765. The lowest BCUT2D eigenvalue weighted by Crippen LogP contribution is -2.63. The summed E-state index contributed by atoms with van der Waals surface area (Å²) in [6.45, 7) is 3.50. The number of halogens is 9. The number of hydrogen-bond acceptors (Lipinski definition) is 7. The summed E-state index contributed by atoms with van der Waals surface area (Å²) < 4.78 is 156. The van der Waals surface area contributed by atoms with Gasteiger partial charge in [0.2, 0.25) is 0 Å². The molecule has 0 aromatic heterocycles. The Morgan fingerprint density at radius 2 is 1.46 bits per heavy atom. The quantitative estimate of drug-likeness (QED) is 0.265. The minimum absolute atomic E-state index is 0.357. The molecule has 0 bridgehead atoms. The molecule has 1 amide bonds. The molecule has 1 heterocycles. The molecule has 204 valence electrons. The predicted octanol–water partition coefficient (Wildman–Crippen LogP) is 4.22. The van der Waals surface area contributed by atoms with Crippen LogP contribution in [0.3, 0.4) is 0 Å². The van der Waals surface area contributed by atoms with Gasteiger partial charge in [0.25, 0.3) is 0 Å². The second kappa shape index (κ2) is 9.57. The van der Waals surface area contributed by atoms with E-state index in [1.165, 1.54) is 27.7 Å². The van der Waals surface area contributed by atoms with Crippen LogP contribution in [-0.2, 0) is 28.6 Å². The van der Waals surface area contributed by atoms with Crippen molar-refractivity contribution < 1.29 is 71.2 Å². The Morgan fingerprint density at radius 1 is 0.943 bits per heavy atom. The molecule has 0 saturated heterocycles. The maximum absolute atomic E-state index is 14.0. The SMILES string of the molecule is CCOC(=O)C1=C(OS(=O)(=O)C(F)(F)C(F)(F)C(F)(F)C(F)(F)F)CN(C(=O)OC(C)(C)C)CC1. The van der Waals surface area contributed by atoms with Crippen LogP contribution in [0, 0.1) is 0 Å². The Balaban J connectivity index is 3.49. The molecule has 1 aliphatic heterocycles. The largest absolute Gasteiger partial charge is 0.463 e. The molecule has 0 atom stereocenters. The zero-order valence-corrected chi connectivity index (χ0v) is 19.3. The van der Waals surface area contributed by atoms with E-state index in [-0.39, 0.29) is 6.61 Å². The highest BCUT2D eigenvalue weighted by Crippen LogP contribution is 2.55. The van der Waals surface area contributed by atoms with E-state index in [0.29, 0.717) is 4.90 Å². The van der Waals surface area contributed by atoms with Crippen molar-refractivity contribution in [2.45, 2.75) is 63.0 Å². The van der Waals surface area contributed by atoms with Crippen LogP contribution in [0.5, 0.6) is 0 Å². The van der Waals surface area contributed by atoms with Crippen LogP contribution in [0.1, 0.15) is 34.1 Å². The standard InChI is InChI=1S/C17H20F9NO7S/c1-5-32-11(28)9-6-7-27(12(29)33-13(2,3)4)8-10(9)34-35(30,31)17(25,26)15(20,21)14(18,19)16(22,23)24/h5-8H2,1-4H3. The Labute approximate surface area is 193 Å². The van der Waals surface area contributed by atoms with Crippen LogP contribution in [-0.4, -0.2) is 74.0 Å². The monoisotopic (exact) mass is 553 g/mol. The number of carbonyl (C=O) groups excluding carboxylic acids is 2. The van der Waals surface area contributed by atoms with E-state index >= 15 is 0 Å². The van der Waals surface area contributed by atoms with Crippen LogP contribution in [0.2, 0.25) is 0 Å². The summed E-state index contributed by atoms with van der Waals surface area (Å²) in [4.78, 5) is 24.8.